The van der Waals surface area contributed by atoms with Gasteiger partial charge in [-0.3, -0.25) is 4.99 Å². The molecule has 5 nitrogen and oxygen atoms in total. The molecule has 0 saturated heterocycles. The summed E-state index contributed by atoms with van der Waals surface area (Å²) in [6.07, 6.45) is 5.55. The first kappa shape index (κ1) is 19.2. The lowest BCUT2D eigenvalue weighted by Gasteiger charge is -2.29. The minimum absolute atomic E-state index is 0.111. The summed E-state index contributed by atoms with van der Waals surface area (Å²) in [6, 6.07) is 0. The maximum Gasteiger partial charge on any atom is 0.191 e. The van der Waals surface area contributed by atoms with Crippen molar-refractivity contribution in [2.75, 3.05) is 39.5 Å². The fourth-order valence-corrected chi connectivity index (χ4v) is 2.51. The van der Waals surface area contributed by atoms with Crippen LogP contribution in [-0.2, 0) is 4.74 Å². The minimum Gasteiger partial charge on any atom is -0.396 e. The standard InChI is InChI=1S/C17H35N3O2/c1-4-17(5-2,9-11-21)14-20-16(18-6-3)19-10-12-22-13-15-7-8-15/h15,21H,4-14H2,1-3H3,(H2,18,19,20). The quantitative estimate of drug-likeness (QED) is 0.293. The summed E-state index contributed by atoms with van der Waals surface area (Å²) in [6.45, 7) is 10.7. The highest BCUT2D eigenvalue weighted by Crippen LogP contribution is 2.30. The van der Waals surface area contributed by atoms with E-state index < -0.39 is 0 Å². The Bertz CT molecular complexity index is 313. The van der Waals surface area contributed by atoms with Gasteiger partial charge in [0.05, 0.1) is 6.61 Å². The van der Waals surface area contributed by atoms with Gasteiger partial charge in [-0.2, -0.15) is 0 Å². The molecule has 0 heterocycles. The van der Waals surface area contributed by atoms with Crippen LogP contribution in [0.2, 0.25) is 0 Å². The second kappa shape index (κ2) is 10.8. The molecule has 0 aromatic carbocycles. The molecule has 1 aliphatic carbocycles. The molecule has 130 valence electrons. The zero-order chi connectivity index (χ0) is 16.3. The van der Waals surface area contributed by atoms with Crippen LogP contribution in [-0.4, -0.2) is 50.5 Å². The predicted molar refractivity (Wildman–Crippen MR) is 92.2 cm³/mol. The Morgan fingerprint density at radius 2 is 1.95 bits per heavy atom. The van der Waals surface area contributed by atoms with E-state index in [0.29, 0.717) is 0 Å². The number of guanidine groups is 1. The molecule has 1 rings (SSSR count). The van der Waals surface area contributed by atoms with Gasteiger partial charge in [0.25, 0.3) is 0 Å². The van der Waals surface area contributed by atoms with Gasteiger partial charge in [0, 0.05) is 32.8 Å². The first-order valence-corrected chi connectivity index (χ1v) is 8.90. The van der Waals surface area contributed by atoms with Gasteiger partial charge < -0.3 is 20.5 Å². The Balaban J connectivity index is 2.37. The number of aliphatic imine (C=N–C) groups is 1. The van der Waals surface area contributed by atoms with Gasteiger partial charge in [-0.1, -0.05) is 13.8 Å². The molecule has 0 aliphatic heterocycles. The summed E-state index contributed by atoms with van der Waals surface area (Å²) in [5.74, 6) is 1.66. The van der Waals surface area contributed by atoms with Gasteiger partial charge in [-0.15, -0.1) is 0 Å². The molecule has 1 fully saturated rings. The van der Waals surface area contributed by atoms with Crippen molar-refractivity contribution in [3.8, 4) is 0 Å². The highest BCUT2D eigenvalue weighted by atomic mass is 16.5. The summed E-state index contributed by atoms with van der Waals surface area (Å²) in [5, 5.41) is 15.9. The largest absolute Gasteiger partial charge is 0.396 e. The fourth-order valence-electron chi connectivity index (χ4n) is 2.51. The Kier molecular flexibility index (Phi) is 9.48. The Labute approximate surface area is 135 Å². The fraction of sp³-hybridized carbons (Fsp3) is 0.941. The summed E-state index contributed by atoms with van der Waals surface area (Å²) in [4.78, 5) is 4.72. The molecule has 0 atom stereocenters. The van der Waals surface area contributed by atoms with Crippen LogP contribution in [0.25, 0.3) is 0 Å². The molecule has 0 amide bonds. The van der Waals surface area contributed by atoms with Crippen LogP contribution < -0.4 is 10.6 Å². The average Bonchev–Trinajstić information content (AvgIpc) is 3.35. The van der Waals surface area contributed by atoms with Crippen molar-refractivity contribution in [2.45, 2.75) is 52.9 Å². The van der Waals surface area contributed by atoms with E-state index in [0.717, 1.165) is 64.0 Å². The Morgan fingerprint density at radius 1 is 1.23 bits per heavy atom. The lowest BCUT2D eigenvalue weighted by atomic mass is 9.79. The summed E-state index contributed by atoms with van der Waals surface area (Å²) >= 11 is 0. The van der Waals surface area contributed by atoms with Crippen LogP contribution >= 0.6 is 0 Å². The maximum atomic E-state index is 9.29. The first-order chi connectivity index (χ1) is 10.7. The Morgan fingerprint density at radius 3 is 2.50 bits per heavy atom. The number of aliphatic hydroxyl groups excluding tert-OH is 1. The van der Waals surface area contributed by atoms with Gasteiger partial charge in [-0.25, -0.2) is 0 Å². The number of aliphatic hydroxyl groups is 1. The zero-order valence-electron chi connectivity index (χ0n) is 14.7. The molecule has 0 bridgehead atoms. The molecule has 0 aromatic heterocycles. The van der Waals surface area contributed by atoms with Crippen molar-refractivity contribution < 1.29 is 9.84 Å². The Hall–Kier alpha value is -0.810. The van der Waals surface area contributed by atoms with Crippen molar-refractivity contribution in [1.29, 1.82) is 0 Å². The minimum atomic E-state index is 0.111. The summed E-state index contributed by atoms with van der Waals surface area (Å²) in [5.41, 5.74) is 0.111. The third-order valence-electron chi connectivity index (χ3n) is 4.65. The SMILES string of the molecule is CCNC(=NCC(CC)(CC)CCO)NCCOCC1CC1. The third-order valence-corrected chi connectivity index (χ3v) is 4.65. The van der Waals surface area contributed by atoms with Crippen LogP contribution in [0.15, 0.2) is 4.99 Å². The molecular weight excluding hydrogens is 278 g/mol. The molecule has 5 heteroatoms. The first-order valence-electron chi connectivity index (χ1n) is 8.90. The van der Waals surface area contributed by atoms with E-state index in [-0.39, 0.29) is 12.0 Å². The maximum absolute atomic E-state index is 9.29. The van der Waals surface area contributed by atoms with Crippen LogP contribution in [0.1, 0.15) is 52.9 Å². The van der Waals surface area contributed by atoms with Crippen molar-refractivity contribution in [3.63, 3.8) is 0 Å². The highest BCUT2D eigenvalue weighted by Gasteiger charge is 2.25. The molecule has 3 N–H and O–H groups in total. The number of nitrogens with zero attached hydrogens (tertiary/aromatic N) is 1. The molecule has 1 saturated carbocycles. The van der Waals surface area contributed by atoms with E-state index in [9.17, 15) is 5.11 Å². The number of hydrogen-bond acceptors (Lipinski definition) is 3. The monoisotopic (exact) mass is 313 g/mol. The van der Waals surface area contributed by atoms with E-state index in [1.54, 1.807) is 0 Å². The molecule has 0 radical (unpaired) electrons. The van der Waals surface area contributed by atoms with E-state index in [4.69, 9.17) is 9.73 Å². The smallest absolute Gasteiger partial charge is 0.191 e. The van der Waals surface area contributed by atoms with Crippen molar-refractivity contribution >= 4 is 5.96 Å². The van der Waals surface area contributed by atoms with Crippen LogP contribution in [0, 0.1) is 11.3 Å². The lowest BCUT2D eigenvalue weighted by Crippen LogP contribution is -2.40. The molecule has 0 aromatic rings. The van der Waals surface area contributed by atoms with Gasteiger partial charge in [-0.05, 0) is 50.4 Å². The van der Waals surface area contributed by atoms with Crippen LogP contribution in [0.3, 0.4) is 0 Å². The number of hydrogen-bond donors (Lipinski definition) is 3. The highest BCUT2D eigenvalue weighted by molar-refractivity contribution is 5.79. The van der Waals surface area contributed by atoms with Crippen LogP contribution in [0.5, 0.6) is 0 Å². The van der Waals surface area contributed by atoms with Gasteiger partial charge >= 0.3 is 0 Å². The number of rotatable bonds is 12. The summed E-state index contributed by atoms with van der Waals surface area (Å²) < 4.78 is 5.63. The van der Waals surface area contributed by atoms with Crippen molar-refractivity contribution in [1.82, 2.24) is 10.6 Å². The molecular formula is C17H35N3O2. The second-order valence-corrected chi connectivity index (χ2v) is 6.32. The number of ether oxygens (including phenoxy) is 1. The van der Waals surface area contributed by atoms with Gasteiger partial charge in [0.1, 0.15) is 0 Å². The van der Waals surface area contributed by atoms with Gasteiger partial charge in [0.2, 0.25) is 0 Å². The van der Waals surface area contributed by atoms with E-state index >= 15 is 0 Å². The van der Waals surface area contributed by atoms with E-state index in [1.807, 2.05) is 0 Å². The molecule has 0 spiro atoms. The third kappa shape index (κ3) is 7.45. The normalized spacial score (nSPS) is 15.9. The van der Waals surface area contributed by atoms with E-state index in [2.05, 4.69) is 31.4 Å². The molecule has 0 unspecified atom stereocenters. The average molecular weight is 313 g/mol. The van der Waals surface area contributed by atoms with Crippen LogP contribution in [0.4, 0.5) is 0 Å². The lowest BCUT2D eigenvalue weighted by molar-refractivity contribution is 0.129. The zero-order valence-corrected chi connectivity index (χ0v) is 14.7. The van der Waals surface area contributed by atoms with Crippen molar-refractivity contribution in [2.24, 2.45) is 16.3 Å². The second-order valence-electron chi connectivity index (χ2n) is 6.32. The molecule has 22 heavy (non-hydrogen) atoms. The predicted octanol–water partition coefficient (Wildman–Crippen LogP) is 2.16. The molecule has 1 aliphatic rings. The van der Waals surface area contributed by atoms with Gasteiger partial charge in [0.15, 0.2) is 5.96 Å². The summed E-state index contributed by atoms with van der Waals surface area (Å²) in [7, 11) is 0. The number of nitrogens with one attached hydrogen (secondary N) is 2. The topological polar surface area (TPSA) is 65.9 Å². The van der Waals surface area contributed by atoms with Crippen molar-refractivity contribution in [3.05, 3.63) is 0 Å². The van der Waals surface area contributed by atoms with E-state index in [1.165, 1.54) is 12.8 Å².